The Morgan fingerprint density at radius 2 is 1.65 bits per heavy atom. The van der Waals surface area contributed by atoms with Gasteiger partial charge in [0.05, 0.1) is 19.3 Å². The van der Waals surface area contributed by atoms with Crippen molar-refractivity contribution in [3.8, 4) is 11.1 Å². The van der Waals surface area contributed by atoms with Gasteiger partial charge in [-0.1, -0.05) is 83.1 Å². The Bertz CT molecular complexity index is 1060. The predicted molar refractivity (Wildman–Crippen MR) is 149 cm³/mol. The molecule has 2 aromatic rings. The van der Waals surface area contributed by atoms with E-state index < -0.39 is 32.2 Å². The molecule has 6 nitrogen and oxygen atoms in total. The third-order valence-electron chi connectivity index (χ3n) is 8.29. The molecule has 4 rings (SSSR count). The first-order chi connectivity index (χ1) is 17.3. The predicted octanol–water partition coefficient (Wildman–Crippen LogP) is 6.09. The molecule has 1 fully saturated rings. The highest BCUT2D eigenvalue weighted by Crippen LogP contribution is 2.45. The van der Waals surface area contributed by atoms with Crippen LogP contribution in [-0.4, -0.2) is 57.1 Å². The van der Waals surface area contributed by atoms with Gasteiger partial charge in [-0.3, -0.25) is 0 Å². The molecule has 0 aromatic heterocycles. The molecule has 1 aliphatic carbocycles. The Kier molecular flexibility index (Phi) is 7.91. The first-order valence-electron chi connectivity index (χ1n) is 13.4. The second-order valence-corrected chi connectivity index (χ2v) is 17.4. The maximum Gasteiger partial charge on any atom is 0.407 e. The molecule has 0 radical (unpaired) electrons. The average molecular weight is 526 g/mol. The third-order valence-corrected chi connectivity index (χ3v) is 12.8. The van der Waals surface area contributed by atoms with Crippen LogP contribution in [0.1, 0.15) is 58.1 Å². The Morgan fingerprint density at radius 3 is 2.14 bits per heavy atom. The van der Waals surface area contributed by atoms with E-state index in [0.29, 0.717) is 19.6 Å². The summed E-state index contributed by atoms with van der Waals surface area (Å²) in [4.78, 5) is 13.0. The van der Waals surface area contributed by atoms with Gasteiger partial charge in [-0.2, -0.15) is 0 Å². The molecule has 0 unspecified atom stereocenters. The number of hydrogen-bond acceptors (Lipinski definition) is 5. The molecule has 0 spiro atoms. The lowest BCUT2D eigenvalue weighted by atomic mass is 9.91. The van der Waals surface area contributed by atoms with Crippen LogP contribution in [0.4, 0.5) is 4.79 Å². The van der Waals surface area contributed by atoms with Crippen molar-refractivity contribution in [3.63, 3.8) is 0 Å². The zero-order valence-electron chi connectivity index (χ0n) is 23.3. The van der Waals surface area contributed by atoms with Crippen molar-refractivity contribution in [3.05, 3.63) is 59.7 Å². The number of epoxide rings is 1. The minimum absolute atomic E-state index is 0.0114. The number of alkyl carbamates (subject to hydrolysis) is 1. The summed E-state index contributed by atoms with van der Waals surface area (Å²) in [5.74, 6) is 0.258. The van der Waals surface area contributed by atoms with Gasteiger partial charge in [0.2, 0.25) is 0 Å². The molecule has 1 heterocycles. The molecule has 0 saturated carbocycles. The van der Waals surface area contributed by atoms with Gasteiger partial charge in [0.15, 0.2) is 8.32 Å². The summed E-state index contributed by atoms with van der Waals surface area (Å²) < 4.78 is 17.9. The fraction of sp³-hybridized carbons (Fsp3) is 0.567. The first-order valence-corrected chi connectivity index (χ1v) is 16.3. The number of rotatable bonds is 10. The number of carbonyl (C=O) groups excluding carboxylic acids is 1. The van der Waals surface area contributed by atoms with Gasteiger partial charge in [-0.05, 0) is 52.7 Å². The quantitative estimate of drug-likeness (QED) is 0.290. The van der Waals surface area contributed by atoms with Crippen LogP contribution in [0.5, 0.6) is 0 Å². The summed E-state index contributed by atoms with van der Waals surface area (Å²) in [6.07, 6.45) is -0.802. The average Bonchev–Trinajstić information content (AvgIpc) is 3.56. The van der Waals surface area contributed by atoms with Crippen LogP contribution < -0.4 is 5.32 Å². The van der Waals surface area contributed by atoms with E-state index in [1.54, 1.807) is 0 Å². The largest absolute Gasteiger partial charge is 0.449 e. The van der Waals surface area contributed by atoms with E-state index in [1.165, 1.54) is 22.3 Å². The standard InChI is InChI=1S/C30H43NO5Si/c1-20(2)16-26(27(32)30(18-35-30)19-36-37(6,7)29(3,4)5)31-28(33)34-17-25-23-14-10-8-12-21(23)22-13-9-11-15-24(22)25/h8-15,20,25-27,32H,16-19H2,1-7H3,(H,31,33)/t26-,27-,30+/m0/s1. The third kappa shape index (κ3) is 5.95. The molecule has 37 heavy (non-hydrogen) atoms. The highest BCUT2D eigenvalue weighted by atomic mass is 28.4. The van der Waals surface area contributed by atoms with E-state index in [1.807, 2.05) is 24.3 Å². The number of hydrogen-bond donors (Lipinski definition) is 2. The van der Waals surface area contributed by atoms with Crippen LogP contribution in [0.15, 0.2) is 48.5 Å². The lowest BCUT2D eigenvalue weighted by Crippen LogP contribution is -2.54. The molecular formula is C30H43NO5Si. The Labute approximate surface area is 222 Å². The van der Waals surface area contributed by atoms with Crippen molar-refractivity contribution in [1.82, 2.24) is 5.32 Å². The molecule has 202 valence electrons. The fourth-order valence-corrected chi connectivity index (χ4v) is 5.92. The van der Waals surface area contributed by atoms with E-state index in [2.05, 4.69) is 77.3 Å². The molecule has 1 aliphatic heterocycles. The number of nitrogens with one attached hydrogen (secondary N) is 1. The molecule has 1 saturated heterocycles. The minimum atomic E-state index is -2.01. The second kappa shape index (κ2) is 10.5. The van der Waals surface area contributed by atoms with Crippen molar-refractivity contribution < 1.29 is 23.8 Å². The van der Waals surface area contributed by atoms with E-state index in [-0.39, 0.29) is 23.5 Å². The van der Waals surface area contributed by atoms with Crippen LogP contribution in [0.3, 0.4) is 0 Å². The topological polar surface area (TPSA) is 80.3 Å². The van der Waals surface area contributed by atoms with Crippen molar-refractivity contribution in [2.75, 3.05) is 19.8 Å². The highest BCUT2D eigenvalue weighted by molar-refractivity contribution is 6.74. The number of amides is 1. The van der Waals surface area contributed by atoms with Gasteiger partial charge in [-0.15, -0.1) is 0 Å². The van der Waals surface area contributed by atoms with E-state index >= 15 is 0 Å². The van der Waals surface area contributed by atoms with Crippen molar-refractivity contribution >= 4 is 14.4 Å². The first kappa shape index (κ1) is 27.8. The maximum atomic E-state index is 13.0. The van der Waals surface area contributed by atoms with Crippen LogP contribution in [0, 0.1) is 5.92 Å². The number of benzene rings is 2. The number of ether oxygens (including phenoxy) is 2. The molecule has 0 bridgehead atoms. The van der Waals surface area contributed by atoms with Gasteiger partial charge >= 0.3 is 6.09 Å². The van der Waals surface area contributed by atoms with Gasteiger partial charge in [0, 0.05) is 5.92 Å². The Morgan fingerprint density at radius 1 is 1.11 bits per heavy atom. The second-order valence-electron chi connectivity index (χ2n) is 12.6. The van der Waals surface area contributed by atoms with Crippen LogP contribution >= 0.6 is 0 Å². The molecule has 2 N–H and O–H groups in total. The monoisotopic (exact) mass is 525 g/mol. The summed E-state index contributed by atoms with van der Waals surface area (Å²) in [7, 11) is -2.01. The summed E-state index contributed by atoms with van der Waals surface area (Å²) in [5.41, 5.74) is 3.93. The van der Waals surface area contributed by atoms with Crippen LogP contribution in [0.2, 0.25) is 18.1 Å². The van der Waals surface area contributed by atoms with Gasteiger partial charge in [0.1, 0.15) is 18.3 Å². The Hall–Kier alpha value is -2.19. The van der Waals surface area contributed by atoms with E-state index in [4.69, 9.17) is 13.9 Å². The molecular weight excluding hydrogens is 482 g/mol. The van der Waals surface area contributed by atoms with Crippen molar-refractivity contribution in [2.24, 2.45) is 5.92 Å². The molecule has 3 atom stereocenters. The molecule has 2 aromatic carbocycles. The van der Waals surface area contributed by atoms with Crippen molar-refractivity contribution in [1.29, 1.82) is 0 Å². The number of carbonyl (C=O) groups is 1. The molecule has 2 aliphatic rings. The van der Waals surface area contributed by atoms with Crippen molar-refractivity contribution in [2.45, 2.75) is 82.8 Å². The maximum absolute atomic E-state index is 13.0. The minimum Gasteiger partial charge on any atom is -0.449 e. The zero-order valence-corrected chi connectivity index (χ0v) is 24.3. The number of fused-ring (bicyclic) bond motifs is 3. The summed E-state index contributed by atoms with van der Waals surface area (Å²) in [6, 6.07) is 16.0. The highest BCUT2D eigenvalue weighted by Gasteiger charge is 2.56. The molecule has 7 heteroatoms. The van der Waals surface area contributed by atoms with Crippen LogP contribution in [-0.2, 0) is 13.9 Å². The summed E-state index contributed by atoms with van der Waals surface area (Å²) in [5, 5.41) is 14.4. The number of aliphatic hydroxyl groups is 1. The Balaban J connectivity index is 1.41. The SMILES string of the molecule is CC(C)C[C@H](NC(=O)OCC1c2ccccc2-c2ccccc21)[C@H](O)[C@]1(CO[Si](C)(C)C(C)(C)C)CO1. The van der Waals surface area contributed by atoms with Gasteiger partial charge < -0.3 is 24.3 Å². The van der Waals surface area contributed by atoms with Gasteiger partial charge in [0.25, 0.3) is 0 Å². The van der Waals surface area contributed by atoms with E-state index in [9.17, 15) is 9.90 Å². The lowest BCUT2D eigenvalue weighted by Gasteiger charge is -2.38. The lowest BCUT2D eigenvalue weighted by molar-refractivity contribution is 0.00944. The normalized spacial score (nSPS) is 20.8. The van der Waals surface area contributed by atoms with Crippen LogP contribution in [0.25, 0.3) is 11.1 Å². The molecule has 1 amide bonds. The smallest absolute Gasteiger partial charge is 0.407 e. The fourth-order valence-electron chi connectivity index (χ4n) is 4.88. The summed E-state index contributed by atoms with van der Waals surface area (Å²) >= 11 is 0. The van der Waals surface area contributed by atoms with Gasteiger partial charge in [-0.25, -0.2) is 4.79 Å². The summed E-state index contributed by atoms with van der Waals surface area (Å²) in [6.45, 7) is 16.1. The number of aliphatic hydroxyl groups excluding tert-OH is 1. The zero-order chi connectivity index (χ0) is 27.0. The van der Waals surface area contributed by atoms with E-state index in [0.717, 1.165) is 0 Å².